The van der Waals surface area contributed by atoms with E-state index in [0.717, 1.165) is 6.61 Å². The molecule has 0 amide bonds. The molecule has 2 N–H and O–H groups in total. The lowest BCUT2D eigenvalue weighted by Gasteiger charge is -2.16. The van der Waals surface area contributed by atoms with E-state index in [0.29, 0.717) is 0 Å². The van der Waals surface area contributed by atoms with Crippen molar-refractivity contribution in [2.45, 2.75) is 71.4 Å². The van der Waals surface area contributed by atoms with Crippen molar-refractivity contribution in [2.75, 3.05) is 6.61 Å². The van der Waals surface area contributed by atoms with Crippen molar-refractivity contribution in [3.05, 3.63) is 0 Å². The van der Waals surface area contributed by atoms with Crippen molar-refractivity contribution < 1.29 is 4.74 Å². The number of ether oxygens (including phenoxy) is 1. The fourth-order valence-corrected chi connectivity index (χ4v) is 1.30. The lowest BCUT2D eigenvalue weighted by Crippen LogP contribution is -2.31. The Balaban J connectivity index is 3.06. The molecule has 0 aromatic heterocycles. The molecule has 0 fully saturated rings. The Kier molecular flexibility index (Phi) is 9.42. The predicted molar refractivity (Wildman–Crippen MR) is 62.4 cm³/mol. The quantitative estimate of drug-likeness (QED) is 0.582. The topological polar surface area (TPSA) is 35.2 Å². The number of hydrogen-bond donors (Lipinski definition) is 1. The Hall–Kier alpha value is -0.0800. The second kappa shape index (κ2) is 9.47. The third-order valence-corrected chi connectivity index (χ3v) is 2.62. The van der Waals surface area contributed by atoms with Gasteiger partial charge in [0.1, 0.15) is 0 Å². The van der Waals surface area contributed by atoms with Crippen molar-refractivity contribution in [3.63, 3.8) is 0 Å². The third kappa shape index (κ3) is 8.52. The molecule has 0 saturated heterocycles. The first kappa shape index (κ1) is 13.9. The van der Waals surface area contributed by atoms with E-state index in [-0.39, 0.29) is 12.1 Å². The molecule has 0 aromatic rings. The van der Waals surface area contributed by atoms with Crippen molar-refractivity contribution in [3.8, 4) is 0 Å². The Morgan fingerprint density at radius 2 is 1.57 bits per heavy atom. The molecule has 86 valence electrons. The molecule has 0 spiro atoms. The van der Waals surface area contributed by atoms with Gasteiger partial charge in [-0.15, -0.1) is 0 Å². The molecule has 0 saturated carbocycles. The van der Waals surface area contributed by atoms with Crippen LogP contribution >= 0.6 is 0 Å². The normalized spacial score (nSPS) is 15.4. The van der Waals surface area contributed by atoms with E-state index in [1.807, 2.05) is 13.8 Å². The fraction of sp³-hybridized carbons (Fsp3) is 1.00. The summed E-state index contributed by atoms with van der Waals surface area (Å²) in [4.78, 5) is 0. The van der Waals surface area contributed by atoms with Crippen LogP contribution in [0.5, 0.6) is 0 Å². The molecule has 0 heterocycles. The maximum atomic E-state index is 5.69. The van der Waals surface area contributed by atoms with Gasteiger partial charge in [0.2, 0.25) is 0 Å². The highest BCUT2D eigenvalue weighted by atomic mass is 16.5. The third-order valence-electron chi connectivity index (χ3n) is 2.62. The molecule has 2 nitrogen and oxygen atoms in total. The van der Waals surface area contributed by atoms with Crippen LogP contribution in [0, 0.1) is 0 Å². The van der Waals surface area contributed by atoms with Crippen LogP contribution in [0.2, 0.25) is 0 Å². The molecule has 0 radical (unpaired) electrons. The second-order valence-corrected chi connectivity index (χ2v) is 4.20. The van der Waals surface area contributed by atoms with Crippen LogP contribution in [0.3, 0.4) is 0 Å². The Morgan fingerprint density at radius 3 is 2.14 bits per heavy atom. The van der Waals surface area contributed by atoms with Crippen molar-refractivity contribution in [1.82, 2.24) is 0 Å². The lowest BCUT2D eigenvalue weighted by atomic mass is 10.1. The van der Waals surface area contributed by atoms with Crippen LogP contribution in [0.15, 0.2) is 0 Å². The summed E-state index contributed by atoms with van der Waals surface area (Å²) in [6.07, 6.45) is 8.09. The van der Waals surface area contributed by atoms with Gasteiger partial charge in [-0.05, 0) is 20.3 Å². The van der Waals surface area contributed by atoms with Crippen LogP contribution in [0.4, 0.5) is 0 Å². The van der Waals surface area contributed by atoms with Gasteiger partial charge >= 0.3 is 0 Å². The molecular formula is C12H27NO. The maximum Gasteiger partial charge on any atom is 0.0695 e. The van der Waals surface area contributed by atoms with Gasteiger partial charge in [0.15, 0.2) is 0 Å². The molecule has 2 atom stereocenters. The smallest absolute Gasteiger partial charge is 0.0695 e. The van der Waals surface area contributed by atoms with Crippen LogP contribution in [-0.4, -0.2) is 18.8 Å². The Bertz CT molecular complexity index is 115. The van der Waals surface area contributed by atoms with Crippen molar-refractivity contribution in [2.24, 2.45) is 5.73 Å². The van der Waals surface area contributed by atoms with Gasteiger partial charge < -0.3 is 10.5 Å². The highest BCUT2D eigenvalue weighted by molar-refractivity contribution is 4.61. The maximum absolute atomic E-state index is 5.69. The highest BCUT2D eigenvalue weighted by Crippen LogP contribution is 2.06. The molecule has 14 heavy (non-hydrogen) atoms. The summed E-state index contributed by atoms with van der Waals surface area (Å²) in [5.41, 5.74) is 5.69. The van der Waals surface area contributed by atoms with Gasteiger partial charge in [0.25, 0.3) is 0 Å². The van der Waals surface area contributed by atoms with E-state index in [1.165, 1.54) is 38.5 Å². The number of rotatable bonds is 9. The van der Waals surface area contributed by atoms with Gasteiger partial charge in [0.05, 0.1) is 6.10 Å². The summed E-state index contributed by atoms with van der Waals surface area (Å²) in [6.45, 7) is 7.15. The van der Waals surface area contributed by atoms with Gasteiger partial charge in [-0.25, -0.2) is 0 Å². The molecule has 0 rings (SSSR count). The summed E-state index contributed by atoms with van der Waals surface area (Å²) in [5, 5.41) is 0. The van der Waals surface area contributed by atoms with Crippen LogP contribution in [0.25, 0.3) is 0 Å². The summed E-state index contributed by atoms with van der Waals surface area (Å²) < 4.78 is 5.58. The van der Waals surface area contributed by atoms with Crippen molar-refractivity contribution >= 4 is 0 Å². The highest BCUT2D eigenvalue weighted by Gasteiger charge is 2.06. The van der Waals surface area contributed by atoms with E-state index in [4.69, 9.17) is 10.5 Å². The second-order valence-electron chi connectivity index (χ2n) is 4.20. The van der Waals surface area contributed by atoms with Crippen LogP contribution in [-0.2, 0) is 4.74 Å². The zero-order valence-corrected chi connectivity index (χ0v) is 10.1. The zero-order valence-electron chi connectivity index (χ0n) is 10.1. The lowest BCUT2D eigenvalue weighted by molar-refractivity contribution is 0.0496. The summed E-state index contributed by atoms with van der Waals surface area (Å²) >= 11 is 0. The molecule has 0 bridgehead atoms. The average Bonchev–Trinajstić information content (AvgIpc) is 2.16. The molecule has 1 unspecified atom stereocenters. The van der Waals surface area contributed by atoms with Gasteiger partial charge in [-0.3, -0.25) is 0 Å². The van der Waals surface area contributed by atoms with Crippen molar-refractivity contribution in [1.29, 1.82) is 0 Å². The van der Waals surface area contributed by atoms with E-state index in [9.17, 15) is 0 Å². The summed E-state index contributed by atoms with van der Waals surface area (Å²) in [6, 6.07) is 0.148. The Labute approximate surface area is 89.2 Å². The Morgan fingerprint density at radius 1 is 1.00 bits per heavy atom. The molecule has 2 heteroatoms. The number of hydrogen-bond acceptors (Lipinski definition) is 2. The van der Waals surface area contributed by atoms with Gasteiger partial charge in [-0.1, -0.05) is 39.0 Å². The molecule has 0 aliphatic heterocycles. The van der Waals surface area contributed by atoms with Crippen LogP contribution < -0.4 is 5.73 Å². The van der Waals surface area contributed by atoms with E-state index >= 15 is 0 Å². The van der Waals surface area contributed by atoms with E-state index in [1.54, 1.807) is 0 Å². The monoisotopic (exact) mass is 201 g/mol. The van der Waals surface area contributed by atoms with E-state index in [2.05, 4.69) is 6.92 Å². The zero-order chi connectivity index (χ0) is 10.8. The minimum atomic E-state index is 0.148. The van der Waals surface area contributed by atoms with Gasteiger partial charge in [0, 0.05) is 12.6 Å². The molecular weight excluding hydrogens is 174 g/mol. The minimum Gasteiger partial charge on any atom is -0.377 e. The average molecular weight is 201 g/mol. The van der Waals surface area contributed by atoms with Crippen LogP contribution in [0.1, 0.15) is 59.3 Å². The SMILES string of the molecule is CCCCCCCCOC(C)[C@H](C)N. The first-order chi connectivity index (χ1) is 6.68. The van der Waals surface area contributed by atoms with Gasteiger partial charge in [-0.2, -0.15) is 0 Å². The minimum absolute atomic E-state index is 0.148. The first-order valence-electron chi connectivity index (χ1n) is 6.05. The summed E-state index contributed by atoms with van der Waals surface area (Å²) in [5.74, 6) is 0. The molecule has 0 aromatic carbocycles. The first-order valence-corrected chi connectivity index (χ1v) is 6.05. The standard InChI is InChI=1S/C12H27NO/c1-4-5-6-7-8-9-10-14-12(3)11(2)13/h11-12H,4-10,13H2,1-3H3/t11-,12?/m0/s1. The number of nitrogens with two attached hydrogens (primary N) is 1. The summed E-state index contributed by atoms with van der Waals surface area (Å²) in [7, 11) is 0. The number of unbranched alkanes of at least 4 members (excludes halogenated alkanes) is 5. The predicted octanol–water partition coefficient (Wildman–Crippen LogP) is 3.10. The van der Waals surface area contributed by atoms with E-state index < -0.39 is 0 Å². The molecule has 0 aliphatic rings. The molecule has 0 aliphatic carbocycles. The largest absolute Gasteiger partial charge is 0.377 e. The fourth-order valence-electron chi connectivity index (χ4n) is 1.30.